The fraction of sp³-hybridized carbons (Fsp3) is 0.600. The summed E-state index contributed by atoms with van der Waals surface area (Å²) in [6.45, 7) is 3.37. The van der Waals surface area contributed by atoms with E-state index in [0.717, 1.165) is 12.6 Å². The molecule has 2 nitrogen and oxygen atoms in total. The van der Waals surface area contributed by atoms with Gasteiger partial charge in [0.1, 0.15) is 0 Å². The van der Waals surface area contributed by atoms with Gasteiger partial charge in [0.2, 0.25) is 0 Å². The SMILES string of the molecule is CC[C@@H]1Cc2[nH]ccc2CN1C. The Hall–Kier alpha value is -0.760. The van der Waals surface area contributed by atoms with E-state index in [4.69, 9.17) is 0 Å². The molecule has 2 heteroatoms. The molecule has 1 aromatic heterocycles. The summed E-state index contributed by atoms with van der Waals surface area (Å²) in [5, 5.41) is 0. The van der Waals surface area contributed by atoms with Crippen molar-refractivity contribution >= 4 is 0 Å². The van der Waals surface area contributed by atoms with Crippen LogP contribution in [0.1, 0.15) is 24.6 Å². The van der Waals surface area contributed by atoms with E-state index < -0.39 is 0 Å². The van der Waals surface area contributed by atoms with Gasteiger partial charge in [0.15, 0.2) is 0 Å². The first-order valence-corrected chi connectivity index (χ1v) is 4.66. The monoisotopic (exact) mass is 164 g/mol. The zero-order chi connectivity index (χ0) is 8.55. The zero-order valence-corrected chi connectivity index (χ0v) is 7.80. The van der Waals surface area contributed by atoms with Crippen LogP contribution in [-0.4, -0.2) is 23.0 Å². The third kappa shape index (κ3) is 1.16. The molecule has 66 valence electrons. The Kier molecular flexibility index (Phi) is 1.93. The zero-order valence-electron chi connectivity index (χ0n) is 7.80. The molecular formula is C10H16N2. The van der Waals surface area contributed by atoms with E-state index >= 15 is 0 Å². The van der Waals surface area contributed by atoms with Gasteiger partial charge < -0.3 is 4.98 Å². The molecule has 0 bridgehead atoms. The van der Waals surface area contributed by atoms with Crippen LogP contribution in [0, 0.1) is 0 Å². The number of likely N-dealkylation sites (N-methyl/N-ethyl adjacent to an activating group) is 1. The molecule has 0 aliphatic carbocycles. The van der Waals surface area contributed by atoms with Gasteiger partial charge in [-0.1, -0.05) is 6.92 Å². The molecule has 1 N–H and O–H groups in total. The van der Waals surface area contributed by atoms with E-state index in [0.29, 0.717) is 0 Å². The summed E-state index contributed by atoms with van der Waals surface area (Å²) < 4.78 is 0. The summed E-state index contributed by atoms with van der Waals surface area (Å²) in [6.07, 6.45) is 4.49. The first kappa shape index (κ1) is 7.87. The molecule has 0 saturated heterocycles. The smallest absolute Gasteiger partial charge is 0.0251 e. The molecule has 0 unspecified atom stereocenters. The molecule has 2 rings (SSSR count). The highest BCUT2D eigenvalue weighted by atomic mass is 15.1. The summed E-state index contributed by atoms with van der Waals surface area (Å²) in [5.74, 6) is 0. The summed E-state index contributed by atoms with van der Waals surface area (Å²) in [4.78, 5) is 5.76. The number of hydrogen-bond acceptors (Lipinski definition) is 1. The molecule has 1 aromatic rings. The van der Waals surface area contributed by atoms with Crippen molar-refractivity contribution in [2.24, 2.45) is 0 Å². The van der Waals surface area contributed by atoms with Gasteiger partial charge in [-0.15, -0.1) is 0 Å². The maximum absolute atomic E-state index is 3.32. The van der Waals surface area contributed by atoms with Crippen molar-refractivity contribution < 1.29 is 0 Å². The van der Waals surface area contributed by atoms with E-state index in [-0.39, 0.29) is 0 Å². The Morgan fingerprint density at radius 3 is 3.25 bits per heavy atom. The molecule has 1 aliphatic rings. The van der Waals surface area contributed by atoms with Crippen molar-refractivity contribution in [1.29, 1.82) is 0 Å². The Balaban J connectivity index is 2.23. The fourth-order valence-electron chi connectivity index (χ4n) is 2.02. The molecule has 0 saturated carbocycles. The van der Waals surface area contributed by atoms with Crippen LogP contribution in [0.25, 0.3) is 0 Å². The van der Waals surface area contributed by atoms with Crippen LogP contribution in [0.4, 0.5) is 0 Å². The first-order valence-electron chi connectivity index (χ1n) is 4.66. The Bertz CT molecular complexity index is 265. The summed E-state index contributed by atoms with van der Waals surface area (Å²) >= 11 is 0. The molecule has 0 aromatic carbocycles. The van der Waals surface area contributed by atoms with Crippen LogP contribution >= 0.6 is 0 Å². The number of aromatic nitrogens is 1. The molecule has 0 amide bonds. The highest BCUT2D eigenvalue weighted by Crippen LogP contribution is 2.21. The normalized spacial score (nSPS) is 24.0. The van der Waals surface area contributed by atoms with E-state index in [1.54, 1.807) is 0 Å². The van der Waals surface area contributed by atoms with Crippen molar-refractivity contribution in [3.63, 3.8) is 0 Å². The highest BCUT2D eigenvalue weighted by molar-refractivity contribution is 5.23. The lowest BCUT2D eigenvalue weighted by Gasteiger charge is -2.31. The average molecular weight is 164 g/mol. The van der Waals surface area contributed by atoms with Gasteiger partial charge in [0, 0.05) is 30.9 Å². The third-order valence-electron chi connectivity index (χ3n) is 2.88. The van der Waals surface area contributed by atoms with Gasteiger partial charge in [0.05, 0.1) is 0 Å². The highest BCUT2D eigenvalue weighted by Gasteiger charge is 2.21. The minimum Gasteiger partial charge on any atom is -0.365 e. The van der Waals surface area contributed by atoms with Crippen LogP contribution < -0.4 is 0 Å². The lowest BCUT2D eigenvalue weighted by molar-refractivity contribution is 0.209. The number of aromatic amines is 1. The molecule has 1 aliphatic heterocycles. The van der Waals surface area contributed by atoms with Crippen molar-refractivity contribution in [2.45, 2.75) is 32.4 Å². The largest absolute Gasteiger partial charge is 0.365 e. The van der Waals surface area contributed by atoms with Crippen LogP contribution in [0.15, 0.2) is 12.3 Å². The van der Waals surface area contributed by atoms with E-state index in [9.17, 15) is 0 Å². The molecular weight excluding hydrogens is 148 g/mol. The number of H-pyrrole nitrogens is 1. The van der Waals surface area contributed by atoms with Crippen LogP contribution in [-0.2, 0) is 13.0 Å². The van der Waals surface area contributed by atoms with Crippen LogP contribution in [0.2, 0.25) is 0 Å². The average Bonchev–Trinajstić information content (AvgIpc) is 2.49. The van der Waals surface area contributed by atoms with Gasteiger partial charge in [-0.25, -0.2) is 0 Å². The quantitative estimate of drug-likeness (QED) is 0.670. The molecule has 1 atom stereocenters. The van der Waals surface area contributed by atoms with Gasteiger partial charge in [0.25, 0.3) is 0 Å². The van der Waals surface area contributed by atoms with E-state index in [1.165, 1.54) is 24.1 Å². The second-order valence-corrected chi connectivity index (χ2v) is 3.66. The Morgan fingerprint density at radius 1 is 1.67 bits per heavy atom. The summed E-state index contributed by atoms with van der Waals surface area (Å²) in [6, 6.07) is 2.92. The number of rotatable bonds is 1. The third-order valence-corrected chi connectivity index (χ3v) is 2.88. The lowest BCUT2D eigenvalue weighted by Crippen LogP contribution is -2.36. The topological polar surface area (TPSA) is 19.0 Å². The number of fused-ring (bicyclic) bond motifs is 1. The summed E-state index contributed by atoms with van der Waals surface area (Å²) in [7, 11) is 2.21. The minimum absolute atomic E-state index is 0.733. The van der Waals surface area contributed by atoms with Crippen LogP contribution in [0.3, 0.4) is 0 Å². The number of hydrogen-bond donors (Lipinski definition) is 1. The minimum atomic E-state index is 0.733. The molecule has 2 heterocycles. The lowest BCUT2D eigenvalue weighted by atomic mass is 9.99. The predicted octanol–water partition coefficient (Wildman–Crippen LogP) is 1.78. The second kappa shape index (κ2) is 2.94. The Labute approximate surface area is 73.6 Å². The van der Waals surface area contributed by atoms with Crippen molar-refractivity contribution in [3.8, 4) is 0 Å². The molecule has 0 radical (unpaired) electrons. The summed E-state index contributed by atoms with van der Waals surface area (Å²) in [5.41, 5.74) is 2.92. The Morgan fingerprint density at radius 2 is 2.50 bits per heavy atom. The van der Waals surface area contributed by atoms with Crippen LogP contribution in [0.5, 0.6) is 0 Å². The van der Waals surface area contributed by atoms with Crippen molar-refractivity contribution in [1.82, 2.24) is 9.88 Å². The molecule has 0 spiro atoms. The van der Waals surface area contributed by atoms with E-state index in [2.05, 4.69) is 36.1 Å². The fourth-order valence-corrected chi connectivity index (χ4v) is 2.02. The van der Waals surface area contributed by atoms with Gasteiger partial charge in [-0.05, 0) is 25.1 Å². The molecule has 0 fully saturated rings. The first-order chi connectivity index (χ1) is 5.81. The standard InChI is InChI=1S/C10H16N2/c1-3-9-6-10-8(4-5-11-10)7-12(9)2/h4-5,9,11H,3,6-7H2,1-2H3/t9-/m1/s1. The van der Waals surface area contributed by atoms with Gasteiger partial charge in [-0.3, -0.25) is 4.90 Å². The maximum atomic E-state index is 3.32. The van der Waals surface area contributed by atoms with Gasteiger partial charge in [-0.2, -0.15) is 0 Å². The number of nitrogens with one attached hydrogen (secondary N) is 1. The van der Waals surface area contributed by atoms with Crippen molar-refractivity contribution in [2.75, 3.05) is 7.05 Å². The number of nitrogens with zero attached hydrogens (tertiary/aromatic N) is 1. The van der Waals surface area contributed by atoms with E-state index in [1.807, 2.05) is 0 Å². The second-order valence-electron chi connectivity index (χ2n) is 3.66. The maximum Gasteiger partial charge on any atom is 0.0251 e. The van der Waals surface area contributed by atoms with Crippen molar-refractivity contribution in [3.05, 3.63) is 23.5 Å². The van der Waals surface area contributed by atoms with Gasteiger partial charge >= 0.3 is 0 Å². The molecule has 12 heavy (non-hydrogen) atoms. The predicted molar refractivity (Wildman–Crippen MR) is 50.0 cm³/mol.